The van der Waals surface area contributed by atoms with E-state index in [4.69, 9.17) is 20.0 Å². The first kappa shape index (κ1) is 41.9. The minimum Gasteiger partial charge on any atom is -0.377 e. The number of amides is 2. The van der Waals surface area contributed by atoms with Gasteiger partial charge in [0, 0.05) is 80.2 Å². The number of piperidine rings is 1. The summed E-state index contributed by atoms with van der Waals surface area (Å²) in [6.07, 6.45) is 5.70. The number of carbonyl (C=O) groups excluding carboxylic acids is 2. The fraction of sp³-hybridized carbons (Fsp3) is 0.436. The number of nitrogens with zero attached hydrogens (tertiary/aromatic N) is 9. The third-order valence-corrected chi connectivity index (χ3v) is 11.2. The van der Waals surface area contributed by atoms with Gasteiger partial charge in [-0.1, -0.05) is 11.2 Å². The number of fused-ring (bicyclic) bond motifs is 1. The SMILES string of the molecule is Cn1c(=O)oc(=O)c2ccc(C(=O)N3C[C@@H](N=[N+]=[N-])C[C@H]3C(=O)NCCOCCOCCNc3ncc(CN4CCCC(c5nc(-c6cccs6)cc(=O)[nH]5)C4)cn3)cc21. The molecule has 0 saturated carbocycles. The Morgan fingerprint density at radius 1 is 1.07 bits per heavy atom. The first-order valence-electron chi connectivity index (χ1n) is 19.5. The summed E-state index contributed by atoms with van der Waals surface area (Å²) in [5.74, 6) is -0.474. The van der Waals surface area contributed by atoms with Crippen molar-refractivity contribution in [1.82, 2.24) is 39.6 Å². The molecule has 1 aromatic carbocycles. The van der Waals surface area contributed by atoms with Gasteiger partial charge in [0.2, 0.25) is 11.9 Å². The Morgan fingerprint density at radius 2 is 1.87 bits per heavy atom. The summed E-state index contributed by atoms with van der Waals surface area (Å²) < 4.78 is 17.0. The van der Waals surface area contributed by atoms with Crippen molar-refractivity contribution in [2.45, 2.75) is 43.8 Å². The highest BCUT2D eigenvalue weighted by molar-refractivity contribution is 7.13. The van der Waals surface area contributed by atoms with E-state index in [1.807, 2.05) is 29.9 Å². The fourth-order valence-corrected chi connectivity index (χ4v) is 8.06. The number of thiophene rings is 1. The first-order chi connectivity index (χ1) is 29.2. The lowest BCUT2D eigenvalue weighted by atomic mass is 9.96. The van der Waals surface area contributed by atoms with Crippen LogP contribution in [0.1, 0.15) is 46.9 Å². The molecule has 2 aliphatic heterocycles. The summed E-state index contributed by atoms with van der Waals surface area (Å²) in [5.41, 5.74) is 10.1. The van der Waals surface area contributed by atoms with Gasteiger partial charge in [-0.05, 0) is 61.0 Å². The predicted molar refractivity (Wildman–Crippen MR) is 221 cm³/mol. The predicted octanol–water partition coefficient (Wildman–Crippen LogP) is 2.63. The molecule has 21 heteroatoms. The normalized spacial score (nSPS) is 18.0. The number of azide groups is 1. The number of aryl methyl sites for hydroxylation is 1. The van der Waals surface area contributed by atoms with Crippen molar-refractivity contribution in [3.63, 3.8) is 0 Å². The zero-order valence-electron chi connectivity index (χ0n) is 32.8. The van der Waals surface area contributed by atoms with Crippen LogP contribution in [-0.4, -0.2) is 117 Å². The van der Waals surface area contributed by atoms with E-state index in [9.17, 15) is 24.0 Å². The largest absolute Gasteiger partial charge is 0.422 e. The van der Waals surface area contributed by atoms with E-state index in [0.717, 1.165) is 46.8 Å². The molecule has 314 valence electrons. The molecule has 4 aromatic heterocycles. The van der Waals surface area contributed by atoms with Crippen LogP contribution in [0.15, 0.2) is 78.1 Å². The number of benzene rings is 1. The molecule has 0 bridgehead atoms. The van der Waals surface area contributed by atoms with Crippen LogP contribution in [-0.2, 0) is 27.9 Å². The van der Waals surface area contributed by atoms with Crippen molar-refractivity contribution < 1.29 is 23.5 Å². The minimum atomic E-state index is -0.913. The van der Waals surface area contributed by atoms with Gasteiger partial charge in [0.15, 0.2) is 0 Å². The molecule has 2 aliphatic rings. The second-order valence-electron chi connectivity index (χ2n) is 14.4. The lowest BCUT2D eigenvalue weighted by molar-refractivity contribution is -0.125. The van der Waals surface area contributed by atoms with E-state index in [2.05, 4.69) is 44.9 Å². The quantitative estimate of drug-likeness (QED) is 0.0528. The van der Waals surface area contributed by atoms with Gasteiger partial charge in [-0.15, -0.1) is 11.3 Å². The van der Waals surface area contributed by atoms with Crippen LogP contribution in [0.3, 0.4) is 0 Å². The molecule has 5 aromatic rings. The van der Waals surface area contributed by atoms with Crippen LogP contribution in [0.5, 0.6) is 0 Å². The third kappa shape index (κ3) is 10.3. The highest BCUT2D eigenvalue weighted by Crippen LogP contribution is 2.28. The maximum Gasteiger partial charge on any atom is 0.422 e. The number of rotatable bonds is 17. The Bertz CT molecular complexity index is 2520. The molecule has 3 atom stereocenters. The second kappa shape index (κ2) is 19.7. The summed E-state index contributed by atoms with van der Waals surface area (Å²) in [6.45, 7) is 4.29. The van der Waals surface area contributed by atoms with Crippen molar-refractivity contribution in [2.24, 2.45) is 12.2 Å². The maximum absolute atomic E-state index is 13.6. The van der Waals surface area contributed by atoms with Gasteiger partial charge in [-0.2, -0.15) is 0 Å². The molecular formula is C39H44N12O8S. The Balaban J connectivity index is 0.784. The van der Waals surface area contributed by atoms with E-state index in [-0.39, 0.29) is 54.1 Å². The van der Waals surface area contributed by atoms with Gasteiger partial charge in [-0.25, -0.2) is 24.5 Å². The number of ether oxygens (including phenoxy) is 2. The average Bonchev–Trinajstić information content (AvgIpc) is 3.95. The number of aromatic nitrogens is 5. The molecule has 0 spiro atoms. The topological polar surface area (TPSA) is 256 Å². The zero-order chi connectivity index (χ0) is 42.0. The molecule has 2 fully saturated rings. The average molecular weight is 841 g/mol. The lowest BCUT2D eigenvalue weighted by Gasteiger charge is -2.32. The van der Waals surface area contributed by atoms with Gasteiger partial charge >= 0.3 is 11.4 Å². The van der Waals surface area contributed by atoms with Gasteiger partial charge in [0.05, 0.1) is 53.9 Å². The Kier molecular flexibility index (Phi) is 13.7. The molecule has 6 heterocycles. The molecule has 3 N–H and O–H groups in total. The van der Waals surface area contributed by atoms with Crippen molar-refractivity contribution in [3.05, 3.63) is 113 Å². The molecule has 2 amide bonds. The highest BCUT2D eigenvalue weighted by Gasteiger charge is 2.39. The Morgan fingerprint density at radius 3 is 2.63 bits per heavy atom. The van der Waals surface area contributed by atoms with Crippen molar-refractivity contribution in [2.75, 3.05) is 64.5 Å². The molecule has 2 saturated heterocycles. The standard InChI is InChI=1S/C39H44N12O8S/c1-49-30-16-25(6-7-28(30)37(55)59-39(49)56)36(54)51-23-27(47-48-40)17-31(51)35(53)41-8-11-57-13-14-58-12-9-42-38-43-19-24(20-44-38)21-50-10-2-4-26(22-50)34-45-29(18-33(52)46-34)32-5-3-15-60-32/h3,5-7,15-16,18-20,26-27,31H,2,4,8-14,17,21-23H2,1H3,(H,41,53)(H,42,43,44)(H,45,46,52)/t26?,27-,31-/m0/s1. The summed E-state index contributed by atoms with van der Waals surface area (Å²) in [6, 6.07) is 8.16. The third-order valence-electron chi connectivity index (χ3n) is 10.3. The van der Waals surface area contributed by atoms with Crippen LogP contribution in [0, 0.1) is 0 Å². The summed E-state index contributed by atoms with van der Waals surface area (Å²) in [7, 11) is 1.42. The number of hydrogen-bond donors (Lipinski definition) is 3. The second-order valence-corrected chi connectivity index (χ2v) is 15.4. The van der Waals surface area contributed by atoms with Crippen LogP contribution < -0.4 is 27.6 Å². The highest BCUT2D eigenvalue weighted by atomic mass is 32.1. The van der Waals surface area contributed by atoms with Gasteiger partial charge in [-0.3, -0.25) is 23.9 Å². The number of carbonyl (C=O) groups is 2. The Labute approximate surface area is 346 Å². The lowest BCUT2D eigenvalue weighted by Crippen LogP contribution is -2.46. The van der Waals surface area contributed by atoms with Gasteiger partial charge < -0.3 is 34.4 Å². The van der Waals surface area contributed by atoms with E-state index < -0.39 is 35.3 Å². The molecule has 1 unspecified atom stereocenters. The molecule has 60 heavy (non-hydrogen) atoms. The maximum atomic E-state index is 13.6. The molecule has 7 rings (SSSR count). The number of hydrogen-bond acceptors (Lipinski definition) is 15. The first-order valence-corrected chi connectivity index (χ1v) is 20.4. The van der Waals surface area contributed by atoms with Crippen LogP contribution in [0.25, 0.3) is 31.9 Å². The van der Waals surface area contributed by atoms with Crippen LogP contribution in [0.4, 0.5) is 5.95 Å². The van der Waals surface area contributed by atoms with E-state index in [0.29, 0.717) is 44.6 Å². The summed E-state index contributed by atoms with van der Waals surface area (Å²) in [4.78, 5) is 87.5. The van der Waals surface area contributed by atoms with E-state index in [1.54, 1.807) is 17.4 Å². The number of H-pyrrole nitrogens is 1. The van der Waals surface area contributed by atoms with Crippen molar-refractivity contribution >= 4 is 40.0 Å². The minimum absolute atomic E-state index is 0.0191. The molecule has 0 aliphatic carbocycles. The van der Waals surface area contributed by atoms with Gasteiger partial charge in [0.1, 0.15) is 11.9 Å². The fourth-order valence-electron chi connectivity index (χ4n) is 7.37. The van der Waals surface area contributed by atoms with Gasteiger partial charge in [0.25, 0.3) is 11.5 Å². The number of aromatic amines is 1. The zero-order valence-corrected chi connectivity index (χ0v) is 33.6. The molecule has 20 nitrogen and oxygen atoms in total. The number of likely N-dealkylation sites (tertiary alicyclic amines) is 2. The monoisotopic (exact) mass is 840 g/mol. The summed E-state index contributed by atoms with van der Waals surface area (Å²) >= 11 is 1.57. The number of anilines is 1. The Hall–Kier alpha value is -6.25. The van der Waals surface area contributed by atoms with E-state index >= 15 is 0 Å². The molecule has 0 radical (unpaired) electrons. The smallest absolute Gasteiger partial charge is 0.377 e. The molecular weight excluding hydrogens is 797 g/mol. The van der Waals surface area contributed by atoms with Crippen molar-refractivity contribution in [1.29, 1.82) is 0 Å². The van der Waals surface area contributed by atoms with Crippen LogP contribution in [0.2, 0.25) is 0 Å². The summed E-state index contributed by atoms with van der Waals surface area (Å²) in [5, 5.41) is 11.8. The van der Waals surface area contributed by atoms with Crippen LogP contribution >= 0.6 is 11.3 Å². The van der Waals surface area contributed by atoms with Crippen molar-refractivity contribution in [3.8, 4) is 10.6 Å². The van der Waals surface area contributed by atoms with E-state index in [1.165, 1.54) is 30.1 Å². The number of nitrogens with one attached hydrogen (secondary N) is 3.